The molecule has 3 nitrogen and oxygen atoms in total. The number of hydrogen-bond acceptors (Lipinski definition) is 2. The number of anilines is 1. The number of rotatable bonds is 4. The van der Waals surface area contributed by atoms with E-state index in [0.717, 1.165) is 32.5 Å². The van der Waals surface area contributed by atoms with Crippen molar-refractivity contribution >= 4 is 27.5 Å². The second-order valence-corrected chi connectivity index (χ2v) is 6.53. The van der Waals surface area contributed by atoms with E-state index in [-0.39, 0.29) is 5.91 Å². The minimum Gasteiger partial charge on any atom is -0.326 e. The van der Waals surface area contributed by atoms with Gasteiger partial charge in [-0.1, -0.05) is 40.2 Å². The van der Waals surface area contributed by atoms with Crippen molar-refractivity contribution in [2.75, 3.05) is 5.32 Å². The third kappa shape index (κ3) is 4.30. The number of aryl methyl sites for hydroxylation is 1. The summed E-state index contributed by atoms with van der Waals surface area (Å²) < 4.78 is 0.977. The highest BCUT2D eigenvalue weighted by Crippen LogP contribution is 2.21. The summed E-state index contributed by atoms with van der Waals surface area (Å²) in [5, 5.41) is 2.93. The number of carbonyl (C=O) groups excluding carboxylic acids is 1. The van der Waals surface area contributed by atoms with Crippen molar-refractivity contribution < 1.29 is 4.79 Å². The van der Waals surface area contributed by atoms with Gasteiger partial charge in [-0.2, -0.15) is 0 Å². The molecule has 0 radical (unpaired) electrons. The minimum absolute atomic E-state index is 0.0272. The molecule has 2 aromatic carbocycles. The van der Waals surface area contributed by atoms with Crippen LogP contribution in [0.2, 0.25) is 0 Å². The van der Waals surface area contributed by atoms with Gasteiger partial charge in [0, 0.05) is 22.1 Å². The monoisotopic (exact) mass is 380 g/mol. The van der Waals surface area contributed by atoms with Crippen LogP contribution in [-0.2, 0) is 11.2 Å². The fraction of sp³-hybridized carbons (Fsp3) is 0.100. The van der Waals surface area contributed by atoms with Crippen LogP contribution in [0.1, 0.15) is 11.3 Å². The van der Waals surface area contributed by atoms with E-state index in [2.05, 4.69) is 26.2 Å². The van der Waals surface area contributed by atoms with Gasteiger partial charge in [0.1, 0.15) is 0 Å². The molecule has 0 aliphatic carbocycles. The first-order valence-corrected chi connectivity index (χ1v) is 8.47. The number of halogens is 1. The number of pyridine rings is 1. The molecule has 24 heavy (non-hydrogen) atoms. The zero-order chi connectivity index (χ0) is 16.9. The van der Waals surface area contributed by atoms with Crippen molar-refractivity contribution in [1.82, 2.24) is 4.98 Å². The molecule has 3 rings (SSSR count). The van der Waals surface area contributed by atoms with Crippen molar-refractivity contribution in [2.45, 2.75) is 13.3 Å². The van der Waals surface area contributed by atoms with Crippen LogP contribution < -0.4 is 5.32 Å². The molecular weight excluding hydrogens is 364 g/mol. The summed E-state index contributed by atoms with van der Waals surface area (Å²) in [5.41, 5.74) is 4.98. The number of nitrogens with zero attached hydrogens (tertiary/aromatic N) is 1. The molecule has 0 saturated heterocycles. The SMILES string of the molecule is Cc1cc(-c2ccc(NC(=O)Cc3cccc(Br)c3)cc2)ccn1. The Labute approximate surface area is 149 Å². The third-order valence-electron chi connectivity index (χ3n) is 3.65. The van der Waals surface area contributed by atoms with Crippen molar-refractivity contribution in [3.8, 4) is 11.1 Å². The Morgan fingerprint density at radius 3 is 2.54 bits per heavy atom. The van der Waals surface area contributed by atoms with Crippen molar-refractivity contribution in [1.29, 1.82) is 0 Å². The van der Waals surface area contributed by atoms with E-state index < -0.39 is 0 Å². The lowest BCUT2D eigenvalue weighted by Crippen LogP contribution is -2.14. The molecule has 0 bridgehead atoms. The number of hydrogen-bond donors (Lipinski definition) is 1. The lowest BCUT2D eigenvalue weighted by molar-refractivity contribution is -0.115. The molecule has 0 aliphatic rings. The molecule has 0 saturated carbocycles. The summed E-state index contributed by atoms with van der Waals surface area (Å²) in [6.07, 6.45) is 2.16. The molecule has 1 amide bonds. The van der Waals surface area contributed by atoms with E-state index in [1.807, 2.05) is 67.6 Å². The van der Waals surface area contributed by atoms with Crippen LogP contribution in [0.3, 0.4) is 0 Å². The molecule has 0 unspecified atom stereocenters. The van der Waals surface area contributed by atoms with Gasteiger partial charge in [0.15, 0.2) is 0 Å². The van der Waals surface area contributed by atoms with Crippen LogP contribution in [0.25, 0.3) is 11.1 Å². The second kappa shape index (κ2) is 7.41. The Hall–Kier alpha value is -2.46. The van der Waals surface area contributed by atoms with Crippen molar-refractivity contribution in [2.24, 2.45) is 0 Å². The largest absolute Gasteiger partial charge is 0.326 e. The third-order valence-corrected chi connectivity index (χ3v) is 4.15. The fourth-order valence-electron chi connectivity index (χ4n) is 2.51. The Kier molecular flexibility index (Phi) is 5.06. The van der Waals surface area contributed by atoms with Crippen LogP contribution in [0.15, 0.2) is 71.3 Å². The van der Waals surface area contributed by atoms with Gasteiger partial charge in [0.05, 0.1) is 6.42 Å². The predicted octanol–water partition coefficient (Wildman–Crippen LogP) is 5.00. The van der Waals surface area contributed by atoms with E-state index in [1.54, 1.807) is 6.20 Å². The molecule has 0 fully saturated rings. The van der Waals surface area contributed by atoms with Crippen molar-refractivity contribution in [3.63, 3.8) is 0 Å². The van der Waals surface area contributed by atoms with Gasteiger partial charge in [-0.15, -0.1) is 0 Å². The average Bonchev–Trinajstić information content (AvgIpc) is 2.55. The summed E-state index contributed by atoms with van der Waals surface area (Å²) in [6.45, 7) is 1.97. The van der Waals surface area contributed by atoms with Crippen LogP contribution >= 0.6 is 15.9 Å². The first-order valence-electron chi connectivity index (χ1n) is 7.67. The number of benzene rings is 2. The summed E-state index contributed by atoms with van der Waals surface area (Å²) in [6, 6.07) is 19.6. The second-order valence-electron chi connectivity index (χ2n) is 5.62. The molecule has 0 atom stereocenters. The van der Waals surface area contributed by atoms with Crippen LogP contribution in [0.5, 0.6) is 0 Å². The maximum Gasteiger partial charge on any atom is 0.228 e. The van der Waals surface area contributed by atoms with Gasteiger partial charge in [-0.05, 0) is 60.0 Å². The number of aromatic nitrogens is 1. The highest BCUT2D eigenvalue weighted by molar-refractivity contribution is 9.10. The first kappa shape index (κ1) is 16.4. The minimum atomic E-state index is -0.0272. The standard InChI is InChI=1S/C20H17BrN2O/c1-14-11-17(9-10-22-14)16-5-7-19(8-6-16)23-20(24)13-15-3-2-4-18(21)12-15/h2-12H,13H2,1H3,(H,23,24). The smallest absolute Gasteiger partial charge is 0.228 e. The molecule has 3 aromatic rings. The normalized spacial score (nSPS) is 10.4. The Morgan fingerprint density at radius 1 is 1.04 bits per heavy atom. The molecule has 120 valence electrons. The Morgan fingerprint density at radius 2 is 1.83 bits per heavy atom. The van der Waals surface area contributed by atoms with E-state index in [0.29, 0.717) is 6.42 Å². The molecule has 1 heterocycles. The van der Waals surface area contributed by atoms with Gasteiger partial charge in [0.2, 0.25) is 5.91 Å². The van der Waals surface area contributed by atoms with Gasteiger partial charge in [-0.25, -0.2) is 0 Å². The maximum absolute atomic E-state index is 12.2. The highest BCUT2D eigenvalue weighted by atomic mass is 79.9. The zero-order valence-corrected chi connectivity index (χ0v) is 14.9. The molecule has 4 heteroatoms. The van der Waals surface area contributed by atoms with E-state index in [9.17, 15) is 4.79 Å². The fourth-order valence-corrected chi connectivity index (χ4v) is 2.96. The van der Waals surface area contributed by atoms with Gasteiger partial charge in [0.25, 0.3) is 0 Å². The van der Waals surface area contributed by atoms with E-state index >= 15 is 0 Å². The van der Waals surface area contributed by atoms with Crippen molar-refractivity contribution in [3.05, 3.63) is 82.6 Å². The quantitative estimate of drug-likeness (QED) is 0.691. The maximum atomic E-state index is 12.2. The molecule has 1 aromatic heterocycles. The first-order chi connectivity index (χ1) is 11.6. The van der Waals surface area contributed by atoms with Crippen LogP contribution in [-0.4, -0.2) is 10.9 Å². The lowest BCUT2D eigenvalue weighted by atomic mass is 10.1. The Bertz CT molecular complexity index is 860. The van der Waals surface area contributed by atoms with Crippen LogP contribution in [0.4, 0.5) is 5.69 Å². The van der Waals surface area contributed by atoms with Gasteiger partial charge >= 0.3 is 0 Å². The average molecular weight is 381 g/mol. The lowest BCUT2D eigenvalue weighted by Gasteiger charge is -2.07. The van der Waals surface area contributed by atoms with E-state index in [4.69, 9.17) is 0 Å². The zero-order valence-electron chi connectivity index (χ0n) is 13.3. The summed E-state index contributed by atoms with van der Waals surface area (Å²) in [5.74, 6) is -0.0272. The number of nitrogens with one attached hydrogen (secondary N) is 1. The molecular formula is C20H17BrN2O. The highest BCUT2D eigenvalue weighted by Gasteiger charge is 2.05. The topological polar surface area (TPSA) is 42.0 Å². The van der Waals surface area contributed by atoms with E-state index in [1.165, 1.54) is 0 Å². The summed E-state index contributed by atoms with van der Waals surface area (Å²) in [7, 11) is 0. The number of amides is 1. The molecule has 0 aliphatic heterocycles. The molecule has 0 spiro atoms. The number of carbonyl (C=O) groups is 1. The summed E-state index contributed by atoms with van der Waals surface area (Å²) in [4.78, 5) is 16.4. The summed E-state index contributed by atoms with van der Waals surface area (Å²) >= 11 is 3.42. The van der Waals surface area contributed by atoms with Gasteiger partial charge in [-0.3, -0.25) is 9.78 Å². The Balaban J connectivity index is 1.66. The molecule has 1 N–H and O–H groups in total. The van der Waals surface area contributed by atoms with Crippen LogP contribution in [0, 0.1) is 6.92 Å². The predicted molar refractivity (Wildman–Crippen MR) is 101 cm³/mol. The van der Waals surface area contributed by atoms with Gasteiger partial charge < -0.3 is 5.32 Å².